The molecule has 0 radical (unpaired) electrons. The van der Waals surface area contributed by atoms with Gasteiger partial charge in [0.05, 0.1) is 23.2 Å². The Morgan fingerprint density at radius 3 is 2.52 bits per heavy atom. The van der Waals surface area contributed by atoms with Crippen molar-refractivity contribution in [1.29, 1.82) is 0 Å². The van der Waals surface area contributed by atoms with Crippen LogP contribution >= 0.6 is 0 Å². The lowest BCUT2D eigenvalue weighted by atomic mass is 10.1. The first-order valence-electron chi connectivity index (χ1n) is 9.48. The number of piperazine rings is 1. The minimum Gasteiger partial charge on any atom is -0.487 e. The van der Waals surface area contributed by atoms with Crippen molar-refractivity contribution in [2.45, 2.75) is 13.0 Å². The molecule has 0 spiro atoms. The molecule has 0 aliphatic carbocycles. The molecule has 0 unspecified atom stereocenters. The fourth-order valence-electron chi connectivity index (χ4n) is 3.86. The van der Waals surface area contributed by atoms with Crippen molar-refractivity contribution in [3.05, 3.63) is 33.9 Å². The maximum atomic E-state index is 15.2. The van der Waals surface area contributed by atoms with E-state index in [0.29, 0.717) is 30.5 Å². The molecule has 2 aromatic rings. The van der Waals surface area contributed by atoms with Crippen LogP contribution in [-0.4, -0.2) is 75.4 Å². The molecule has 3 heterocycles. The maximum absolute atomic E-state index is 15.2. The Bertz CT molecular complexity index is 1200. The molecule has 0 bridgehead atoms. The summed E-state index contributed by atoms with van der Waals surface area (Å²) in [5.41, 5.74) is -0.607. The summed E-state index contributed by atoms with van der Waals surface area (Å²) < 4.78 is 49.7. The van der Waals surface area contributed by atoms with Crippen LogP contribution in [0.3, 0.4) is 0 Å². The number of ether oxygens (including phenoxy) is 1. The zero-order chi connectivity index (χ0) is 21.8. The summed E-state index contributed by atoms with van der Waals surface area (Å²) >= 11 is 0. The first kappa shape index (κ1) is 23.0. The summed E-state index contributed by atoms with van der Waals surface area (Å²) in [5.74, 6) is -1.67. The highest BCUT2D eigenvalue weighted by atomic mass is 32.2. The fourth-order valence-corrected chi connectivity index (χ4v) is 4.23. The summed E-state index contributed by atoms with van der Waals surface area (Å²) in [4.78, 5) is 29.2. The molecule has 2 N–H and O–H groups in total. The normalized spacial score (nSPS) is 19.0. The van der Waals surface area contributed by atoms with E-state index in [1.165, 1.54) is 6.20 Å². The van der Waals surface area contributed by atoms with Crippen LogP contribution in [0, 0.1) is 5.82 Å². The summed E-state index contributed by atoms with van der Waals surface area (Å²) in [6.45, 7) is 4.75. The second-order valence-electron chi connectivity index (χ2n) is 7.74. The Hall–Kier alpha value is -2.70. The molecule has 170 valence electrons. The summed E-state index contributed by atoms with van der Waals surface area (Å²) in [5, 5.41) is -0.0603. The van der Waals surface area contributed by atoms with Gasteiger partial charge in [0.1, 0.15) is 17.9 Å². The minimum atomic E-state index is -4.11. The van der Waals surface area contributed by atoms with Gasteiger partial charge in [0.2, 0.25) is 5.43 Å². The second-order valence-corrected chi connectivity index (χ2v) is 9.31. The van der Waals surface area contributed by atoms with E-state index in [2.05, 4.69) is 9.08 Å². The van der Waals surface area contributed by atoms with Gasteiger partial charge in [0.15, 0.2) is 11.6 Å². The van der Waals surface area contributed by atoms with Gasteiger partial charge in [-0.25, -0.2) is 9.18 Å². The Morgan fingerprint density at radius 1 is 1.26 bits per heavy atom. The predicted molar refractivity (Wildman–Crippen MR) is 112 cm³/mol. The molecule has 2 aliphatic heterocycles. The standard InChI is InChI=1S/C19H22FN3O6S.H2O/c1-11-10-28-18-15-12(8-14(20)16(18)22-6-4-21(2)5-7-22)17(24)13(9-23(11)15)19(25)29-30(3,26)27;/h8-9,11H,4-7,10H2,1-3H3;1H2/t11-;/m0./s1. The van der Waals surface area contributed by atoms with Gasteiger partial charge < -0.3 is 28.8 Å². The average molecular weight is 457 g/mol. The molecule has 31 heavy (non-hydrogen) atoms. The van der Waals surface area contributed by atoms with E-state index in [-0.39, 0.29) is 29.3 Å². The molecule has 0 amide bonds. The fraction of sp³-hybridized carbons (Fsp3) is 0.474. The number of aromatic nitrogens is 1. The van der Waals surface area contributed by atoms with Gasteiger partial charge in [-0.05, 0) is 20.0 Å². The largest absolute Gasteiger partial charge is 0.487 e. The van der Waals surface area contributed by atoms with Crippen molar-refractivity contribution in [2.75, 3.05) is 51.0 Å². The lowest BCUT2D eigenvalue weighted by molar-refractivity contribution is 0.0746. The van der Waals surface area contributed by atoms with Crippen LogP contribution in [0.15, 0.2) is 17.1 Å². The van der Waals surface area contributed by atoms with Gasteiger partial charge in [-0.3, -0.25) is 4.79 Å². The van der Waals surface area contributed by atoms with Crippen molar-refractivity contribution in [1.82, 2.24) is 9.47 Å². The van der Waals surface area contributed by atoms with Crippen LogP contribution in [0.5, 0.6) is 5.75 Å². The van der Waals surface area contributed by atoms with Gasteiger partial charge in [0.25, 0.3) is 0 Å². The third-order valence-electron chi connectivity index (χ3n) is 5.41. The number of halogens is 1. The lowest BCUT2D eigenvalue weighted by Gasteiger charge is -2.37. The SMILES string of the molecule is C[C@H]1COc2c(N3CCN(C)CC3)c(F)cc3c(=O)c(C(=O)OS(C)(=O)=O)cn1c23.O. The van der Waals surface area contributed by atoms with Crippen molar-refractivity contribution >= 4 is 32.7 Å². The maximum Gasteiger partial charge on any atom is 0.359 e. The molecular weight excluding hydrogens is 433 g/mol. The first-order chi connectivity index (χ1) is 14.1. The monoisotopic (exact) mass is 457 g/mol. The van der Waals surface area contributed by atoms with Gasteiger partial charge in [0, 0.05) is 32.4 Å². The number of benzene rings is 1. The number of anilines is 1. The second kappa shape index (κ2) is 8.09. The Morgan fingerprint density at radius 2 is 1.90 bits per heavy atom. The molecule has 12 heteroatoms. The first-order valence-corrected chi connectivity index (χ1v) is 11.3. The van der Waals surface area contributed by atoms with Crippen LogP contribution in [0.1, 0.15) is 23.3 Å². The molecule has 1 aromatic carbocycles. The van der Waals surface area contributed by atoms with E-state index in [0.717, 1.165) is 19.2 Å². The van der Waals surface area contributed by atoms with E-state index in [1.54, 1.807) is 4.57 Å². The summed E-state index contributed by atoms with van der Waals surface area (Å²) in [6, 6.07) is 0.820. The Balaban J connectivity index is 0.00000272. The number of nitrogens with zero attached hydrogens (tertiary/aromatic N) is 3. The molecule has 1 aromatic heterocycles. The molecule has 4 rings (SSSR count). The third-order valence-corrected chi connectivity index (χ3v) is 5.86. The third kappa shape index (κ3) is 4.10. The van der Waals surface area contributed by atoms with Crippen LogP contribution in [0.25, 0.3) is 10.9 Å². The van der Waals surface area contributed by atoms with Crippen molar-refractivity contribution in [2.24, 2.45) is 0 Å². The lowest BCUT2D eigenvalue weighted by Crippen LogP contribution is -2.45. The van der Waals surface area contributed by atoms with Crippen molar-refractivity contribution in [3.8, 4) is 5.75 Å². The zero-order valence-electron chi connectivity index (χ0n) is 17.3. The number of likely N-dealkylation sites (N-methyl/N-ethyl adjacent to an activating group) is 1. The Labute approximate surface area is 178 Å². The van der Waals surface area contributed by atoms with E-state index >= 15 is 4.39 Å². The van der Waals surface area contributed by atoms with Gasteiger partial charge in [-0.1, -0.05) is 0 Å². The van der Waals surface area contributed by atoms with Crippen LogP contribution < -0.4 is 15.1 Å². The van der Waals surface area contributed by atoms with E-state index in [9.17, 15) is 18.0 Å². The van der Waals surface area contributed by atoms with Crippen LogP contribution in [-0.2, 0) is 14.3 Å². The highest BCUT2D eigenvalue weighted by molar-refractivity contribution is 7.86. The number of rotatable bonds is 3. The van der Waals surface area contributed by atoms with Crippen molar-refractivity contribution in [3.63, 3.8) is 0 Å². The van der Waals surface area contributed by atoms with Crippen molar-refractivity contribution < 1.29 is 32.0 Å². The molecule has 0 saturated carbocycles. The number of carbonyl (C=O) groups is 1. The summed E-state index contributed by atoms with van der Waals surface area (Å²) in [6.07, 6.45) is 1.98. The average Bonchev–Trinajstić information content (AvgIpc) is 2.65. The van der Waals surface area contributed by atoms with Gasteiger partial charge in [-0.2, -0.15) is 8.42 Å². The number of carbonyl (C=O) groups excluding carboxylic acids is 1. The molecule has 1 fully saturated rings. The molecule has 1 saturated heterocycles. The highest BCUT2D eigenvalue weighted by Crippen LogP contribution is 2.42. The van der Waals surface area contributed by atoms with Gasteiger partial charge in [-0.15, -0.1) is 0 Å². The number of hydrogen-bond acceptors (Lipinski definition) is 8. The quantitative estimate of drug-likeness (QED) is 0.595. The topological polar surface area (TPSA) is 130 Å². The van der Waals surface area contributed by atoms with Gasteiger partial charge >= 0.3 is 16.1 Å². The number of hydrogen-bond donors (Lipinski definition) is 0. The van der Waals surface area contributed by atoms with Crippen LogP contribution in [0.4, 0.5) is 10.1 Å². The molecule has 2 aliphatic rings. The molecule has 10 nitrogen and oxygen atoms in total. The zero-order valence-corrected chi connectivity index (χ0v) is 18.2. The molecule has 1 atom stereocenters. The molecular formula is C19H24FN3O7S. The van der Waals surface area contributed by atoms with E-state index < -0.39 is 32.9 Å². The highest BCUT2D eigenvalue weighted by Gasteiger charge is 2.31. The minimum absolute atomic E-state index is 0. The Kier molecular flexibility index (Phi) is 6.00. The smallest absolute Gasteiger partial charge is 0.359 e. The number of pyridine rings is 1. The van der Waals surface area contributed by atoms with E-state index in [1.807, 2.05) is 18.9 Å². The predicted octanol–water partition coefficient (Wildman–Crippen LogP) is 0.138. The van der Waals surface area contributed by atoms with E-state index in [4.69, 9.17) is 4.74 Å². The van der Waals surface area contributed by atoms with Crippen LogP contribution in [0.2, 0.25) is 0 Å². The summed E-state index contributed by atoms with van der Waals surface area (Å²) in [7, 11) is -2.12.